The number of nitrogens with two attached hydrogens (primary N) is 1. The maximum absolute atomic E-state index is 5.62. The minimum atomic E-state index is 0.637. The normalized spacial score (nSPS) is 10.3. The summed E-state index contributed by atoms with van der Waals surface area (Å²) in [6.45, 7) is 3.39. The van der Waals surface area contributed by atoms with Crippen molar-refractivity contribution in [3.8, 4) is 5.75 Å². The second-order valence-electron chi connectivity index (χ2n) is 4.55. The molecule has 0 atom stereocenters. The average molecular weight is 272 g/mol. The van der Waals surface area contributed by atoms with Crippen LogP contribution < -0.4 is 15.4 Å². The molecule has 5 nitrogen and oxygen atoms in total. The summed E-state index contributed by atoms with van der Waals surface area (Å²) in [5.74, 6) is 1.52. The Morgan fingerprint density at radius 2 is 1.80 bits per heavy atom. The van der Waals surface area contributed by atoms with Crippen molar-refractivity contribution in [3.63, 3.8) is 0 Å². The van der Waals surface area contributed by atoms with Crippen LogP contribution in [-0.2, 0) is 0 Å². The molecule has 0 fully saturated rings. The molecule has 0 saturated heterocycles. The second kappa shape index (κ2) is 6.86. The zero-order chi connectivity index (χ0) is 14.4. The van der Waals surface area contributed by atoms with Gasteiger partial charge in [0.2, 0.25) is 5.95 Å². The maximum atomic E-state index is 5.62. The van der Waals surface area contributed by atoms with Crippen molar-refractivity contribution in [2.24, 2.45) is 5.73 Å². The van der Waals surface area contributed by atoms with Crippen LogP contribution in [0, 0.1) is 6.92 Å². The topological polar surface area (TPSA) is 64.3 Å². The van der Waals surface area contributed by atoms with E-state index in [1.807, 2.05) is 43.6 Å². The van der Waals surface area contributed by atoms with Gasteiger partial charge in [0, 0.05) is 24.6 Å². The Balaban J connectivity index is 2.27. The predicted octanol–water partition coefficient (Wildman–Crippen LogP) is 2.28. The van der Waals surface area contributed by atoms with Crippen LogP contribution in [0.1, 0.15) is 12.0 Å². The molecule has 0 aliphatic heterocycles. The van der Waals surface area contributed by atoms with Gasteiger partial charge < -0.3 is 15.4 Å². The van der Waals surface area contributed by atoms with E-state index in [0.29, 0.717) is 12.5 Å². The molecule has 106 valence electrons. The highest BCUT2D eigenvalue weighted by atomic mass is 16.5. The van der Waals surface area contributed by atoms with Gasteiger partial charge in [-0.05, 0) is 49.7 Å². The first-order chi connectivity index (χ1) is 9.74. The Bertz CT molecular complexity index is 525. The van der Waals surface area contributed by atoms with Crippen molar-refractivity contribution >= 4 is 11.6 Å². The number of aryl methyl sites for hydroxylation is 1. The van der Waals surface area contributed by atoms with Crippen molar-refractivity contribution in [2.45, 2.75) is 13.3 Å². The van der Waals surface area contributed by atoms with Crippen molar-refractivity contribution in [3.05, 3.63) is 42.2 Å². The van der Waals surface area contributed by atoms with Gasteiger partial charge in [0.1, 0.15) is 5.75 Å². The first-order valence-corrected chi connectivity index (χ1v) is 6.65. The molecule has 0 saturated carbocycles. The molecule has 5 heteroatoms. The number of aromatic nitrogens is 2. The van der Waals surface area contributed by atoms with Crippen LogP contribution in [0.5, 0.6) is 5.75 Å². The summed E-state index contributed by atoms with van der Waals surface area (Å²) >= 11 is 0. The van der Waals surface area contributed by atoms with Crippen LogP contribution in [0.2, 0.25) is 0 Å². The first-order valence-electron chi connectivity index (χ1n) is 6.65. The van der Waals surface area contributed by atoms with Gasteiger partial charge in [0.15, 0.2) is 0 Å². The fourth-order valence-electron chi connectivity index (χ4n) is 1.88. The summed E-state index contributed by atoms with van der Waals surface area (Å²) in [5, 5.41) is 0. The molecule has 1 aromatic heterocycles. The number of hydrogen-bond acceptors (Lipinski definition) is 5. The third kappa shape index (κ3) is 3.45. The van der Waals surface area contributed by atoms with E-state index in [4.69, 9.17) is 10.5 Å². The summed E-state index contributed by atoms with van der Waals surface area (Å²) in [5.41, 5.74) is 7.69. The highest BCUT2D eigenvalue weighted by Crippen LogP contribution is 2.24. The number of benzene rings is 1. The maximum Gasteiger partial charge on any atom is 0.229 e. The molecule has 0 aliphatic rings. The van der Waals surface area contributed by atoms with Gasteiger partial charge >= 0.3 is 0 Å². The smallest absolute Gasteiger partial charge is 0.229 e. The summed E-state index contributed by atoms with van der Waals surface area (Å²) in [4.78, 5) is 10.8. The van der Waals surface area contributed by atoms with Crippen LogP contribution in [-0.4, -0.2) is 30.2 Å². The van der Waals surface area contributed by atoms with Crippen LogP contribution >= 0.6 is 0 Å². The lowest BCUT2D eigenvalue weighted by molar-refractivity contribution is 0.415. The number of nitrogens with zero attached hydrogens (tertiary/aromatic N) is 3. The van der Waals surface area contributed by atoms with Gasteiger partial charge in [-0.15, -0.1) is 0 Å². The summed E-state index contributed by atoms with van der Waals surface area (Å²) in [7, 11) is 1.66. The fourth-order valence-corrected chi connectivity index (χ4v) is 1.88. The quantitative estimate of drug-likeness (QED) is 0.874. The summed E-state index contributed by atoms with van der Waals surface area (Å²) in [6, 6.07) is 7.86. The molecular formula is C15H20N4O. The lowest BCUT2D eigenvalue weighted by Crippen LogP contribution is -2.22. The monoisotopic (exact) mass is 272 g/mol. The summed E-state index contributed by atoms with van der Waals surface area (Å²) in [6.07, 6.45) is 4.52. The molecule has 2 aromatic rings. The van der Waals surface area contributed by atoms with Crippen molar-refractivity contribution in [2.75, 3.05) is 25.1 Å². The Hall–Kier alpha value is -2.14. The predicted molar refractivity (Wildman–Crippen MR) is 80.4 cm³/mol. The molecule has 0 aliphatic carbocycles. The average Bonchev–Trinajstić information content (AvgIpc) is 2.50. The Labute approximate surface area is 119 Å². The zero-order valence-electron chi connectivity index (χ0n) is 11.9. The van der Waals surface area contributed by atoms with Crippen molar-refractivity contribution in [1.82, 2.24) is 9.97 Å². The Morgan fingerprint density at radius 3 is 2.35 bits per heavy atom. The second-order valence-corrected chi connectivity index (χ2v) is 4.55. The number of anilines is 2. The van der Waals surface area contributed by atoms with E-state index in [2.05, 4.69) is 14.9 Å². The molecule has 0 amide bonds. The fraction of sp³-hybridized carbons (Fsp3) is 0.333. The molecule has 0 bridgehead atoms. The standard InChI is InChI=1S/C15H20N4O/c1-12-10-17-15(18-11-12)19(9-3-8-16)13-4-6-14(20-2)7-5-13/h4-7,10-11H,3,8-9,16H2,1-2H3. The zero-order valence-corrected chi connectivity index (χ0v) is 11.9. The molecule has 1 heterocycles. The molecule has 0 unspecified atom stereocenters. The third-order valence-electron chi connectivity index (χ3n) is 2.98. The van der Waals surface area contributed by atoms with E-state index in [1.54, 1.807) is 7.11 Å². The number of methoxy groups -OCH3 is 1. The van der Waals surface area contributed by atoms with E-state index in [9.17, 15) is 0 Å². The number of ether oxygens (including phenoxy) is 1. The molecule has 2 rings (SSSR count). The van der Waals surface area contributed by atoms with Gasteiger partial charge in [-0.25, -0.2) is 9.97 Å². The molecular weight excluding hydrogens is 252 g/mol. The van der Waals surface area contributed by atoms with Gasteiger partial charge in [0.05, 0.1) is 7.11 Å². The van der Waals surface area contributed by atoms with Crippen LogP contribution in [0.3, 0.4) is 0 Å². The van der Waals surface area contributed by atoms with Gasteiger partial charge in [-0.3, -0.25) is 0 Å². The Kier molecular flexibility index (Phi) is 4.90. The van der Waals surface area contributed by atoms with Crippen molar-refractivity contribution in [1.29, 1.82) is 0 Å². The van der Waals surface area contributed by atoms with E-state index in [0.717, 1.165) is 30.0 Å². The number of hydrogen-bond donors (Lipinski definition) is 1. The van der Waals surface area contributed by atoms with E-state index >= 15 is 0 Å². The van der Waals surface area contributed by atoms with Crippen LogP contribution in [0.4, 0.5) is 11.6 Å². The molecule has 0 spiro atoms. The van der Waals surface area contributed by atoms with Crippen LogP contribution in [0.15, 0.2) is 36.7 Å². The van der Waals surface area contributed by atoms with Gasteiger partial charge in [0.25, 0.3) is 0 Å². The highest BCUT2D eigenvalue weighted by Gasteiger charge is 2.11. The van der Waals surface area contributed by atoms with E-state index < -0.39 is 0 Å². The lowest BCUT2D eigenvalue weighted by Gasteiger charge is -2.22. The Morgan fingerprint density at radius 1 is 1.15 bits per heavy atom. The van der Waals surface area contributed by atoms with Gasteiger partial charge in [-0.1, -0.05) is 0 Å². The van der Waals surface area contributed by atoms with Crippen molar-refractivity contribution < 1.29 is 4.74 Å². The van der Waals surface area contributed by atoms with Crippen LogP contribution in [0.25, 0.3) is 0 Å². The third-order valence-corrected chi connectivity index (χ3v) is 2.98. The molecule has 2 N–H and O–H groups in total. The molecule has 1 aromatic carbocycles. The highest BCUT2D eigenvalue weighted by molar-refractivity contribution is 5.58. The minimum Gasteiger partial charge on any atom is -0.497 e. The SMILES string of the molecule is COc1ccc(N(CCCN)c2ncc(C)cn2)cc1. The van der Waals surface area contributed by atoms with E-state index in [-0.39, 0.29) is 0 Å². The summed E-state index contributed by atoms with van der Waals surface area (Å²) < 4.78 is 5.18. The molecule has 20 heavy (non-hydrogen) atoms. The van der Waals surface area contributed by atoms with E-state index in [1.165, 1.54) is 0 Å². The molecule has 0 radical (unpaired) electrons. The largest absolute Gasteiger partial charge is 0.497 e. The van der Waals surface area contributed by atoms with Gasteiger partial charge in [-0.2, -0.15) is 0 Å². The number of rotatable bonds is 6. The minimum absolute atomic E-state index is 0.637. The lowest BCUT2D eigenvalue weighted by atomic mass is 10.2. The first kappa shape index (κ1) is 14.3.